The van der Waals surface area contributed by atoms with Crippen molar-refractivity contribution in [1.82, 2.24) is 0 Å². The molecule has 0 spiro atoms. The van der Waals surface area contributed by atoms with Crippen molar-refractivity contribution in [2.45, 2.75) is 78.2 Å². The van der Waals surface area contributed by atoms with E-state index < -0.39 is 11.5 Å². The van der Waals surface area contributed by atoms with Gasteiger partial charge in [-0.2, -0.15) is 0 Å². The maximum absolute atomic E-state index is 11.3. The van der Waals surface area contributed by atoms with Crippen LogP contribution in [0, 0.1) is 5.41 Å². The lowest BCUT2D eigenvalue weighted by molar-refractivity contribution is 0.0363. The first kappa shape index (κ1) is 22.6. The van der Waals surface area contributed by atoms with Crippen molar-refractivity contribution in [2.75, 3.05) is 6.61 Å². The van der Waals surface area contributed by atoms with Gasteiger partial charge in [-0.05, 0) is 52.3 Å². The number of aryl methyl sites for hydroxylation is 1. The van der Waals surface area contributed by atoms with E-state index >= 15 is 0 Å². The molecule has 0 saturated heterocycles. The van der Waals surface area contributed by atoms with Crippen LogP contribution in [-0.2, 0) is 6.42 Å². The Morgan fingerprint density at radius 1 is 0.893 bits per heavy atom. The van der Waals surface area contributed by atoms with Crippen LogP contribution in [-0.4, -0.2) is 22.9 Å². The third-order valence-corrected chi connectivity index (χ3v) is 6.09. The highest BCUT2D eigenvalue weighted by molar-refractivity contribution is 5.31. The van der Waals surface area contributed by atoms with Crippen LogP contribution in [0.5, 0.6) is 0 Å². The fraction of sp³-hybridized carbons (Fsp3) is 0.538. The lowest BCUT2D eigenvalue weighted by Crippen LogP contribution is -2.35. The molecule has 0 aliphatic rings. The van der Waals surface area contributed by atoms with Gasteiger partial charge in [-0.3, -0.25) is 0 Å². The molecule has 28 heavy (non-hydrogen) atoms. The molecule has 2 N–H and O–H groups in total. The van der Waals surface area contributed by atoms with E-state index in [4.69, 9.17) is 0 Å². The molecule has 0 heterocycles. The quantitative estimate of drug-likeness (QED) is 0.556. The molecular formula is C26H38O2. The van der Waals surface area contributed by atoms with Gasteiger partial charge >= 0.3 is 0 Å². The summed E-state index contributed by atoms with van der Waals surface area (Å²) in [5, 5.41) is 21.3. The first-order chi connectivity index (χ1) is 13.2. The van der Waals surface area contributed by atoms with Crippen molar-refractivity contribution in [3.05, 3.63) is 70.8 Å². The van der Waals surface area contributed by atoms with Crippen LogP contribution in [0.3, 0.4) is 0 Å². The SMILES string of the molecule is CCc1cccc(C(C(O)CC(C)c2cccc(C(C)C)c2)C(C)(C)CO)c1. The summed E-state index contributed by atoms with van der Waals surface area (Å²) < 4.78 is 0. The minimum Gasteiger partial charge on any atom is -0.396 e. The molecule has 2 heteroatoms. The zero-order chi connectivity index (χ0) is 20.9. The zero-order valence-corrected chi connectivity index (χ0v) is 18.4. The summed E-state index contributed by atoms with van der Waals surface area (Å²) >= 11 is 0. The third-order valence-electron chi connectivity index (χ3n) is 6.09. The van der Waals surface area contributed by atoms with Crippen LogP contribution < -0.4 is 0 Å². The second-order valence-corrected chi connectivity index (χ2v) is 9.25. The summed E-state index contributed by atoms with van der Waals surface area (Å²) in [5.41, 5.74) is 4.59. The maximum Gasteiger partial charge on any atom is 0.0620 e. The Balaban J connectivity index is 2.29. The van der Waals surface area contributed by atoms with Crippen molar-refractivity contribution in [3.8, 4) is 0 Å². The predicted octanol–water partition coefficient (Wildman–Crippen LogP) is 6.03. The van der Waals surface area contributed by atoms with Crippen LogP contribution in [0.1, 0.15) is 88.0 Å². The van der Waals surface area contributed by atoms with Gasteiger partial charge in [0.15, 0.2) is 0 Å². The Morgan fingerprint density at radius 3 is 2.11 bits per heavy atom. The molecule has 154 valence electrons. The van der Waals surface area contributed by atoms with Crippen LogP contribution in [0.2, 0.25) is 0 Å². The second-order valence-electron chi connectivity index (χ2n) is 9.25. The highest BCUT2D eigenvalue weighted by atomic mass is 16.3. The summed E-state index contributed by atoms with van der Waals surface area (Å²) in [5.74, 6) is 0.634. The van der Waals surface area contributed by atoms with Crippen LogP contribution in [0.25, 0.3) is 0 Å². The topological polar surface area (TPSA) is 40.5 Å². The highest BCUT2D eigenvalue weighted by Gasteiger charge is 2.36. The number of hydrogen-bond acceptors (Lipinski definition) is 2. The molecular weight excluding hydrogens is 344 g/mol. The van der Waals surface area contributed by atoms with E-state index in [1.165, 1.54) is 16.7 Å². The molecule has 0 bridgehead atoms. The molecule has 3 atom stereocenters. The van der Waals surface area contributed by atoms with Crippen LogP contribution in [0.4, 0.5) is 0 Å². The van der Waals surface area contributed by atoms with Crippen molar-refractivity contribution in [2.24, 2.45) is 5.41 Å². The number of benzene rings is 2. The summed E-state index contributed by atoms with van der Waals surface area (Å²) in [7, 11) is 0. The van der Waals surface area contributed by atoms with Gasteiger partial charge < -0.3 is 10.2 Å². The largest absolute Gasteiger partial charge is 0.396 e. The lowest BCUT2D eigenvalue weighted by atomic mass is 9.70. The van der Waals surface area contributed by atoms with Gasteiger partial charge in [0.1, 0.15) is 0 Å². The van der Waals surface area contributed by atoms with Crippen molar-refractivity contribution < 1.29 is 10.2 Å². The van der Waals surface area contributed by atoms with Gasteiger partial charge in [-0.15, -0.1) is 0 Å². The smallest absolute Gasteiger partial charge is 0.0620 e. The first-order valence-corrected chi connectivity index (χ1v) is 10.7. The van der Waals surface area contributed by atoms with Gasteiger partial charge in [-0.1, -0.05) is 90.1 Å². The lowest BCUT2D eigenvalue weighted by Gasteiger charge is -2.37. The monoisotopic (exact) mass is 382 g/mol. The van der Waals surface area contributed by atoms with Gasteiger partial charge in [-0.25, -0.2) is 0 Å². The standard InChI is InChI=1S/C26H38O2/c1-7-20-10-8-13-23(15-20)25(26(5,6)17-27)24(28)14-19(4)22-12-9-11-21(16-22)18(2)3/h8-13,15-16,18-19,24-25,27-28H,7,14,17H2,1-6H3. The minimum atomic E-state index is -0.521. The fourth-order valence-corrected chi connectivity index (χ4v) is 4.16. The molecule has 2 aromatic carbocycles. The Morgan fingerprint density at radius 2 is 1.50 bits per heavy atom. The Bertz CT molecular complexity index is 748. The number of rotatable bonds is 9. The van der Waals surface area contributed by atoms with Gasteiger partial charge in [0.05, 0.1) is 6.10 Å². The third kappa shape index (κ3) is 5.46. The molecule has 3 unspecified atom stereocenters. The van der Waals surface area contributed by atoms with Gasteiger partial charge in [0, 0.05) is 12.5 Å². The molecule has 0 radical (unpaired) electrons. The van der Waals surface area contributed by atoms with Crippen molar-refractivity contribution in [1.29, 1.82) is 0 Å². The van der Waals surface area contributed by atoms with Crippen molar-refractivity contribution >= 4 is 0 Å². The molecule has 2 nitrogen and oxygen atoms in total. The van der Waals surface area contributed by atoms with Crippen LogP contribution in [0.15, 0.2) is 48.5 Å². The minimum absolute atomic E-state index is 0.0439. The second kappa shape index (κ2) is 9.71. The number of aliphatic hydroxyl groups is 2. The van der Waals surface area contributed by atoms with E-state index in [9.17, 15) is 10.2 Å². The molecule has 0 aliphatic heterocycles. The molecule has 0 aromatic heterocycles. The normalized spacial score (nSPS) is 15.5. The Hall–Kier alpha value is -1.64. The van der Waals surface area contributed by atoms with E-state index in [2.05, 4.69) is 76.2 Å². The molecule has 0 fully saturated rings. The average molecular weight is 383 g/mol. The molecule has 0 amide bonds. The van der Waals surface area contributed by atoms with E-state index in [0.717, 1.165) is 12.0 Å². The van der Waals surface area contributed by atoms with E-state index in [1.54, 1.807) is 0 Å². The van der Waals surface area contributed by atoms with Crippen molar-refractivity contribution in [3.63, 3.8) is 0 Å². The summed E-state index contributed by atoms with van der Waals surface area (Å²) in [6, 6.07) is 17.2. The Kier molecular flexibility index (Phi) is 7.86. The Labute approximate surface area is 171 Å². The van der Waals surface area contributed by atoms with E-state index in [0.29, 0.717) is 12.3 Å². The molecule has 2 rings (SSSR count). The molecule has 2 aromatic rings. The first-order valence-electron chi connectivity index (χ1n) is 10.7. The molecule has 0 saturated carbocycles. The van der Waals surface area contributed by atoms with E-state index in [1.807, 2.05) is 13.8 Å². The maximum atomic E-state index is 11.3. The average Bonchev–Trinajstić information content (AvgIpc) is 2.68. The van der Waals surface area contributed by atoms with Gasteiger partial charge in [0.25, 0.3) is 0 Å². The number of hydrogen-bond donors (Lipinski definition) is 2. The predicted molar refractivity (Wildman–Crippen MR) is 119 cm³/mol. The zero-order valence-electron chi connectivity index (χ0n) is 18.4. The van der Waals surface area contributed by atoms with Crippen LogP contribution >= 0.6 is 0 Å². The molecule has 0 aliphatic carbocycles. The summed E-state index contributed by atoms with van der Waals surface area (Å²) in [4.78, 5) is 0. The summed E-state index contributed by atoms with van der Waals surface area (Å²) in [6.45, 7) is 12.9. The van der Waals surface area contributed by atoms with Gasteiger partial charge in [0.2, 0.25) is 0 Å². The highest BCUT2D eigenvalue weighted by Crippen LogP contribution is 2.41. The van der Waals surface area contributed by atoms with E-state index in [-0.39, 0.29) is 18.4 Å². The summed E-state index contributed by atoms with van der Waals surface area (Å²) in [6.07, 6.45) is 1.12. The number of aliphatic hydroxyl groups excluding tert-OH is 2. The fourth-order valence-electron chi connectivity index (χ4n) is 4.16.